The van der Waals surface area contributed by atoms with Crippen molar-refractivity contribution in [3.8, 4) is 0 Å². The van der Waals surface area contributed by atoms with Crippen molar-refractivity contribution in [2.75, 3.05) is 23.0 Å². The van der Waals surface area contributed by atoms with Crippen LogP contribution in [0.25, 0.3) is 0 Å². The summed E-state index contributed by atoms with van der Waals surface area (Å²) in [4.78, 5) is 0. The molecule has 0 aliphatic carbocycles. The maximum absolute atomic E-state index is 4.35. The lowest BCUT2D eigenvalue weighted by molar-refractivity contribution is 1.17. The lowest BCUT2D eigenvalue weighted by Crippen LogP contribution is -2.02. The van der Waals surface area contributed by atoms with Crippen LogP contribution < -0.4 is 0 Å². The Labute approximate surface area is 124 Å². The standard InChI is InChI=1S/C6H14S8/c7-1-5(9)3-11-13-14-12-4-6(10)2-8/h5-10H,1-4H2. The summed E-state index contributed by atoms with van der Waals surface area (Å²) >= 11 is 17.0. The van der Waals surface area contributed by atoms with Crippen molar-refractivity contribution in [1.29, 1.82) is 0 Å². The summed E-state index contributed by atoms with van der Waals surface area (Å²) in [6.07, 6.45) is 0. The third-order valence-electron chi connectivity index (χ3n) is 1.07. The molecule has 14 heavy (non-hydrogen) atoms. The first-order valence-electron chi connectivity index (χ1n) is 3.86. The molecule has 0 N–H and O–H groups in total. The Hall–Kier alpha value is 2.80. The number of hydrogen-bond acceptors (Lipinski definition) is 8. The molecule has 0 nitrogen and oxygen atoms in total. The molecule has 0 aromatic heterocycles. The van der Waals surface area contributed by atoms with E-state index < -0.39 is 0 Å². The van der Waals surface area contributed by atoms with Crippen LogP contribution in [0.15, 0.2) is 0 Å². The number of thiol groups is 4. The molecule has 0 aliphatic heterocycles. The van der Waals surface area contributed by atoms with Crippen LogP contribution in [0.3, 0.4) is 0 Å². The van der Waals surface area contributed by atoms with Crippen LogP contribution in [0.2, 0.25) is 0 Å². The Kier molecular flexibility index (Phi) is 14.7. The van der Waals surface area contributed by atoms with Crippen molar-refractivity contribution in [2.45, 2.75) is 10.5 Å². The first-order valence-corrected chi connectivity index (χ1v) is 11.3. The molecule has 0 amide bonds. The van der Waals surface area contributed by atoms with Crippen LogP contribution in [-0.2, 0) is 0 Å². The highest BCUT2D eigenvalue weighted by Gasteiger charge is 2.03. The summed E-state index contributed by atoms with van der Waals surface area (Å²) in [5.41, 5.74) is 0. The summed E-state index contributed by atoms with van der Waals surface area (Å²) in [5.74, 6) is 3.77. The highest BCUT2D eigenvalue weighted by atomic mass is 33.7. The van der Waals surface area contributed by atoms with Crippen molar-refractivity contribution in [1.82, 2.24) is 0 Å². The van der Waals surface area contributed by atoms with E-state index in [-0.39, 0.29) is 0 Å². The van der Waals surface area contributed by atoms with Crippen LogP contribution in [0.5, 0.6) is 0 Å². The van der Waals surface area contributed by atoms with Gasteiger partial charge >= 0.3 is 0 Å². The van der Waals surface area contributed by atoms with Gasteiger partial charge in [-0.05, 0) is 19.7 Å². The van der Waals surface area contributed by atoms with E-state index in [1.165, 1.54) is 0 Å². The fourth-order valence-corrected chi connectivity index (χ4v) is 8.14. The van der Waals surface area contributed by atoms with Crippen LogP contribution in [0.4, 0.5) is 0 Å². The summed E-state index contributed by atoms with van der Waals surface area (Å²) in [7, 11) is 7.28. The minimum atomic E-state index is 0.400. The van der Waals surface area contributed by atoms with Gasteiger partial charge in [-0.25, -0.2) is 0 Å². The minimum Gasteiger partial charge on any atom is -0.178 e. The van der Waals surface area contributed by atoms with Gasteiger partial charge in [0.05, 0.1) is 0 Å². The molecular formula is C6H14S8. The Bertz CT molecular complexity index is 106. The zero-order valence-electron chi connectivity index (χ0n) is 7.40. The van der Waals surface area contributed by atoms with E-state index >= 15 is 0 Å². The molecular weight excluding hydrogens is 329 g/mol. The molecule has 0 rings (SSSR count). The highest BCUT2D eigenvalue weighted by Crippen LogP contribution is 2.43. The normalized spacial score (nSPS) is 15.4. The van der Waals surface area contributed by atoms with Gasteiger partial charge in [-0.2, -0.15) is 50.5 Å². The Morgan fingerprint density at radius 2 is 1.14 bits per heavy atom. The predicted octanol–water partition coefficient (Wildman–Crippen LogP) is 4.12. The molecule has 0 aromatic rings. The molecule has 8 heteroatoms. The predicted molar refractivity (Wildman–Crippen MR) is 93.4 cm³/mol. The molecule has 0 heterocycles. The van der Waals surface area contributed by atoms with Crippen molar-refractivity contribution in [3.05, 3.63) is 0 Å². The second-order valence-corrected chi connectivity index (χ2v) is 10.7. The zero-order chi connectivity index (χ0) is 10.8. The van der Waals surface area contributed by atoms with Crippen molar-refractivity contribution in [2.24, 2.45) is 0 Å². The van der Waals surface area contributed by atoms with Gasteiger partial charge < -0.3 is 0 Å². The molecule has 0 aliphatic rings. The van der Waals surface area contributed by atoms with Crippen molar-refractivity contribution in [3.63, 3.8) is 0 Å². The number of rotatable bonds is 9. The van der Waals surface area contributed by atoms with E-state index in [0.717, 1.165) is 23.0 Å². The van der Waals surface area contributed by atoms with Gasteiger partial charge in [0.25, 0.3) is 0 Å². The van der Waals surface area contributed by atoms with Gasteiger partial charge in [0.15, 0.2) is 0 Å². The minimum absolute atomic E-state index is 0.400. The molecule has 86 valence electrons. The fraction of sp³-hybridized carbons (Fsp3) is 1.00. The largest absolute Gasteiger partial charge is 0.178 e. The van der Waals surface area contributed by atoms with Crippen molar-refractivity contribution < 1.29 is 0 Å². The van der Waals surface area contributed by atoms with E-state index in [1.54, 1.807) is 19.7 Å². The van der Waals surface area contributed by atoms with Crippen LogP contribution in [0.1, 0.15) is 0 Å². The van der Waals surface area contributed by atoms with Crippen molar-refractivity contribution >= 4 is 91.8 Å². The highest BCUT2D eigenvalue weighted by molar-refractivity contribution is 9.26. The van der Waals surface area contributed by atoms with E-state index in [9.17, 15) is 0 Å². The monoisotopic (exact) mass is 342 g/mol. The SMILES string of the molecule is SCC(S)CSSSSCC(S)CS. The summed E-state index contributed by atoms with van der Waals surface area (Å²) in [6.45, 7) is 0. The lowest BCUT2D eigenvalue weighted by atomic mass is 10.6. The topological polar surface area (TPSA) is 0 Å². The average molecular weight is 343 g/mol. The van der Waals surface area contributed by atoms with Gasteiger partial charge in [0, 0.05) is 33.5 Å². The van der Waals surface area contributed by atoms with E-state index in [2.05, 4.69) is 50.5 Å². The van der Waals surface area contributed by atoms with Gasteiger partial charge in [-0.1, -0.05) is 21.6 Å². The molecule has 0 saturated carbocycles. The first-order chi connectivity index (χ1) is 6.70. The second-order valence-electron chi connectivity index (χ2n) is 2.38. The average Bonchev–Trinajstić information content (AvgIpc) is 2.22. The third kappa shape index (κ3) is 11.3. The number of hydrogen-bond donors (Lipinski definition) is 4. The van der Waals surface area contributed by atoms with Gasteiger partial charge in [0.1, 0.15) is 0 Å². The van der Waals surface area contributed by atoms with Gasteiger partial charge in [0.2, 0.25) is 0 Å². The van der Waals surface area contributed by atoms with E-state index in [0.29, 0.717) is 10.5 Å². The molecule has 0 fully saturated rings. The molecule has 0 bridgehead atoms. The van der Waals surface area contributed by atoms with Crippen LogP contribution in [0, 0.1) is 0 Å². The molecule has 2 atom stereocenters. The van der Waals surface area contributed by atoms with Gasteiger partial charge in [-0.15, -0.1) is 0 Å². The molecule has 0 aromatic carbocycles. The van der Waals surface area contributed by atoms with Crippen LogP contribution in [-0.4, -0.2) is 33.5 Å². The maximum atomic E-state index is 4.35. The molecule has 0 spiro atoms. The zero-order valence-corrected chi connectivity index (χ0v) is 14.2. The fourth-order valence-electron chi connectivity index (χ4n) is 0.357. The Morgan fingerprint density at radius 3 is 1.43 bits per heavy atom. The summed E-state index contributed by atoms with van der Waals surface area (Å²) in [6, 6.07) is 0. The summed E-state index contributed by atoms with van der Waals surface area (Å²) < 4.78 is 0. The quantitative estimate of drug-likeness (QED) is 0.282. The van der Waals surface area contributed by atoms with E-state index in [4.69, 9.17) is 0 Å². The van der Waals surface area contributed by atoms with E-state index in [1.807, 2.05) is 21.6 Å². The first kappa shape index (κ1) is 16.8. The summed E-state index contributed by atoms with van der Waals surface area (Å²) in [5, 5.41) is 0.799. The molecule has 0 radical (unpaired) electrons. The van der Waals surface area contributed by atoms with Gasteiger partial charge in [-0.3, -0.25) is 0 Å². The molecule has 2 unspecified atom stereocenters. The smallest absolute Gasteiger partial charge is 0.0204 e. The Balaban J connectivity index is 3.06. The Morgan fingerprint density at radius 1 is 0.786 bits per heavy atom. The molecule has 0 saturated heterocycles. The lowest BCUT2D eigenvalue weighted by Gasteiger charge is -2.06. The second kappa shape index (κ2) is 12.3. The maximum Gasteiger partial charge on any atom is 0.0204 e. The van der Waals surface area contributed by atoms with Crippen LogP contribution >= 0.6 is 91.8 Å². The third-order valence-corrected chi connectivity index (χ3v) is 10.4.